The molecular formula is C33H50N2O4. The Morgan fingerprint density at radius 2 is 1.62 bits per heavy atom. The topological polar surface area (TPSA) is 74.8 Å². The summed E-state index contributed by atoms with van der Waals surface area (Å²) in [5.41, 5.74) is -0.0792. The second kappa shape index (κ2) is 11.7. The van der Waals surface area contributed by atoms with Gasteiger partial charge in [0.1, 0.15) is 0 Å². The van der Waals surface area contributed by atoms with E-state index in [1.807, 2.05) is 39.8 Å². The lowest BCUT2D eigenvalue weighted by molar-refractivity contribution is -0.150. The van der Waals surface area contributed by atoms with Crippen LogP contribution in [-0.2, 0) is 19.2 Å². The van der Waals surface area contributed by atoms with Gasteiger partial charge in [0.2, 0.25) is 23.6 Å². The second-order valence-corrected chi connectivity index (χ2v) is 13.1. The third-order valence-corrected chi connectivity index (χ3v) is 10.7. The number of carbonyl (C=O) groups is 4. The van der Waals surface area contributed by atoms with Gasteiger partial charge in [-0.25, -0.2) is 0 Å². The van der Waals surface area contributed by atoms with Crippen LogP contribution in [-0.4, -0.2) is 44.5 Å². The maximum atomic E-state index is 14.2. The Labute approximate surface area is 235 Å². The van der Waals surface area contributed by atoms with E-state index in [4.69, 9.17) is 0 Å². The number of imide groups is 2. The van der Waals surface area contributed by atoms with Crippen LogP contribution in [0.25, 0.3) is 0 Å². The van der Waals surface area contributed by atoms with E-state index in [2.05, 4.69) is 19.9 Å². The van der Waals surface area contributed by atoms with Gasteiger partial charge in [-0.15, -0.1) is 0 Å². The molecule has 2 heterocycles. The van der Waals surface area contributed by atoms with E-state index in [0.29, 0.717) is 25.2 Å². The minimum absolute atomic E-state index is 0.0362. The predicted octanol–water partition coefficient (Wildman–Crippen LogP) is 6.59. The molecule has 2 aliphatic carbocycles. The van der Waals surface area contributed by atoms with Crippen molar-refractivity contribution in [2.45, 2.75) is 130 Å². The zero-order valence-electron chi connectivity index (χ0n) is 25.1. The first-order valence-electron chi connectivity index (χ1n) is 15.6. The molecule has 39 heavy (non-hydrogen) atoms. The molecule has 4 rings (SSSR count). The molecule has 2 saturated heterocycles. The van der Waals surface area contributed by atoms with Crippen molar-refractivity contribution in [3.8, 4) is 0 Å². The molecule has 6 atom stereocenters. The van der Waals surface area contributed by atoms with E-state index in [9.17, 15) is 19.2 Å². The monoisotopic (exact) mass is 538 g/mol. The van der Waals surface area contributed by atoms with Gasteiger partial charge >= 0.3 is 0 Å². The fourth-order valence-electron chi connectivity index (χ4n) is 8.35. The van der Waals surface area contributed by atoms with Gasteiger partial charge in [0, 0.05) is 6.42 Å². The van der Waals surface area contributed by atoms with E-state index in [1.165, 1.54) is 30.6 Å². The average molecular weight is 539 g/mol. The first-order chi connectivity index (χ1) is 18.6. The maximum absolute atomic E-state index is 14.2. The highest BCUT2D eigenvalue weighted by Gasteiger charge is 2.58. The zero-order valence-corrected chi connectivity index (χ0v) is 25.1. The van der Waals surface area contributed by atoms with Crippen molar-refractivity contribution in [2.75, 3.05) is 0 Å². The van der Waals surface area contributed by atoms with E-state index in [0.717, 1.165) is 31.3 Å². The second-order valence-electron chi connectivity index (χ2n) is 13.1. The van der Waals surface area contributed by atoms with Gasteiger partial charge in [-0.05, 0) is 71.1 Å². The summed E-state index contributed by atoms with van der Waals surface area (Å²) in [5, 5.41) is 0. The Morgan fingerprint density at radius 3 is 2.21 bits per heavy atom. The summed E-state index contributed by atoms with van der Waals surface area (Å²) in [6, 6.07) is 0. The number of likely N-dealkylation sites (tertiary alicyclic amines) is 2. The summed E-state index contributed by atoms with van der Waals surface area (Å²) >= 11 is 0. The minimum Gasteiger partial charge on any atom is -0.276 e. The van der Waals surface area contributed by atoms with Crippen LogP contribution in [0, 0.1) is 29.6 Å². The van der Waals surface area contributed by atoms with Crippen LogP contribution in [0.5, 0.6) is 0 Å². The maximum Gasteiger partial charge on any atom is 0.237 e. The minimum atomic E-state index is -0.553. The normalized spacial score (nSPS) is 31.3. The Hall–Kier alpha value is -2.24. The SMILES string of the molecule is C/C=C\CC(C)(CC)N1C(=O)CC(C2C=C(C)C3C(=O)N(C(CC)(CCC)CC4CCCC4)C(=O)C3C2)C1=O. The number of rotatable bonds is 11. The molecule has 2 aliphatic heterocycles. The third kappa shape index (κ3) is 5.17. The van der Waals surface area contributed by atoms with Gasteiger partial charge in [0.05, 0.1) is 28.8 Å². The summed E-state index contributed by atoms with van der Waals surface area (Å²) < 4.78 is 0. The van der Waals surface area contributed by atoms with Crippen LogP contribution in [0.3, 0.4) is 0 Å². The highest BCUT2D eigenvalue weighted by Crippen LogP contribution is 2.50. The van der Waals surface area contributed by atoms with Crippen LogP contribution in [0.2, 0.25) is 0 Å². The Morgan fingerprint density at radius 1 is 0.949 bits per heavy atom. The summed E-state index contributed by atoms with van der Waals surface area (Å²) in [7, 11) is 0. The van der Waals surface area contributed by atoms with Crippen LogP contribution in [0.15, 0.2) is 23.8 Å². The molecule has 3 fully saturated rings. The van der Waals surface area contributed by atoms with Gasteiger partial charge in [0.15, 0.2) is 0 Å². The van der Waals surface area contributed by atoms with E-state index >= 15 is 0 Å². The molecule has 0 aromatic heterocycles. The number of fused-ring (bicyclic) bond motifs is 1. The lowest BCUT2D eigenvalue weighted by Crippen LogP contribution is -2.53. The lowest BCUT2D eigenvalue weighted by atomic mass is 9.71. The number of hydrogen-bond donors (Lipinski definition) is 0. The predicted molar refractivity (Wildman–Crippen MR) is 153 cm³/mol. The summed E-state index contributed by atoms with van der Waals surface area (Å²) in [6.45, 7) is 12.2. The quantitative estimate of drug-likeness (QED) is 0.220. The fourth-order valence-corrected chi connectivity index (χ4v) is 8.35. The van der Waals surface area contributed by atoms with Gasteiger partial charge in [-0.2, -0.15) is 0 Å². The molecule has 4 amide bonds. The van der Waals surface area contributed by atoms with E-state index in [1.54, 1.807) is 4.90 Å². The van der Waals surface area contributed by atoms with E-state index < -0.39 is 28.8 Å². The Bertz CT molecular complexity index is 1040. The molecule has 0 aromatic rings. The first kappa shape index (κ1) is 29.7. The molecular weight excluding hydrogens is 488 g/mol. The number of amides is 4. The van der Waals surface area contributed by atoms with E-state index in [-0.39, 0.29) is 36.0 Å². The standard InChI is InChI=1S/C33H50N2O4/c1-7-11-17-32(6,9-3)34-27(36)20-25(29(34)37)24-18-22(5)28-26(19-24)30(38)35(31(28)39)33(10-4,16-8-2)21-23-14-12-13-15-23/h7,11,18,23-26,28H,8-10,12-17,19-21H2,1-6H3/b11-7-. The number of hydrogen-bond acceptors (Lipinski definition) is 4. The molecule has 0 aromatic carbocycles. The smallest absolute Gasteiger partial charge is 0.237 e. The molecule has 4 aliphatic rings. The molecule has 0 radical (unpaired) electrons. The largest absolute Gasteiger partial charge is 0.276 e. The van der Waals surface area contributed by atoms with Crippen molar-refractivity contribution in [3.63, 3.8) is 0 Å². The van der Waals surface area contributed by atoms with Gasteiger partial charge < -0.3 is 0 Å². The van der Waals surface area contributed by atoms with Gasteiger partial charge in [0.25, 0.3) is 0 Å². The van der Waals surface area contributed by atoms with Gasteiger partial charge in [-0.3, -0.25) is 29.0 Å². The molecule has 6 heteroatoms. The molecule has 0 N–H and O–H groups in total. The van der Waals surface area contributed by atoms with Crippen molar-refractivity contribution < 1.29 is 19.2 Å². The van der Waals surface area contributed by atoms with Crippen molar-refractivity contribution in [3.05, 3.63) is 23.8 Å². The van der Waals surface area contributed by atoms with Crippen LogP contribution < -0.4 is 0 Å². The number of carbonyl (C=O) groups excluding carboxylic acids is 4. The van der Waals surface area contributed by atoms with Crippen molar-refractivity contribution in [2.24, 2.45) is 29.6 Å². The summed E-state index contributed by atoms with van der Waals surface area (Å²) in [4.78, 5) is 58.4. The zero-order chi connectivity index (χ0) is 28.5. The molecule has 6 nitrogen and oxygen atoms in total. The highest BCUT2D eigenvalue weighted by molar-refractivity contribution is 6.08. The van der Waals surface area contributed by atoms with Crippen molar-refractivity contribution in [1.82, 2.24) is 9.80 Å². The Balaban J connectivity index is 1.60. The highest BCUT2D eigenvalue weighted by atomic mass is 16.2. The van der Waals surface area contributed by atoms with Crippen LogP contribution in [0.4, 0.5) is 0 Å². The Kier molecular flexibility index (Phi) is 8.92. The van der Waals surface area contributed by atoms with Gasteiger partial charge in [-0.1, -0.05) is 76.7 Å². The molecule has 0 bridgehead atoms. The fraction of sp³-hybridized carbons (Fsp3) is 0.758. The number of allylic oxidation sites excluding steroid dienone is 2. The van der Waals surface area contributed by atoms with Crippen molar-refractivity contribution in [1.29, 1.82) is 0 Å². The average Bonchev–Trinajstić information content (AvgIpc) is 3.59. The molecule has 216 valence electrons. The number of nitrogens with zero attached hydrogens (tertiary/aromatic N) is 2. The summed E-state index contributed by atoms with van der Waals surface area (Å²) in [6.07, 6.45) is 16.3. The lowest BCUT2D eigenvalue weighted by Gasteiger charge is -2.42. The van der Waals surface area contributed by atoms with Crippen molar-refractivity contribution >= 4 is 23.6 Å². The third-order valence-electron chi connectivity index (χ3n) is 10.7. The van der Waals surface area contributed by atoms with Crippen LogP contribution >= 0.6 is 0 Å². The first-order valence-corrected chi connectivity index (χ1v) is 15.6. The summed E-state index contributed by atoms with van der Waals surface area (Å²) in [5.74, 6) is -1.28. The molecule has 6 unspecified atom stereocenters. The molecule has 1 saturated carbocycles. The van der Waals surface area contributed by atoms with Crippen LogP contribution in [0.1, 0.15) is 119 Å². The molecule has 0 spiro atoms.